The van der Waals surface area contributed by atoms with Gasteiger partial charge in [0, 0.05) is 11.7 Å². The maximum atomic E-state index is 12.0. The highest BCUT2D eigenvalue weighted by Gasteiger charge is 2.14. The van der Waals surface area contributed by atoms with E-state index in [9.17, 15) is 4.79 Å². The Morgan fingerprint density at radius 2 is 2.05 bits per heavy atom. The summed E-state index contributed by atoms with van der Waals surface area (Å²) in [5, 5.41) is 6.32. The Hall–Kier alpha value is -2.07. The average Bonchev–Trinajstić information content (AvgIpc) is 2.99. The van der Waals surface area contributed by atoms with Crippen LogP contribution in [0.1, 0.15) is 42.4 Å². The van der Waals surface area contributed by atoms with Crippen LogP contribution in [-0.4, -0.2) is 12.5 Å². The van der Waals surface area contributed by atoms with Crippen LogP contribution >= 0.6 is 0 Å². The van der Waals surface area contributed by atoms with Crippen LogP contribution in [-0.2, 0) is 0 Å². The van der Waals surface area contributed by atoms with Gasteiger partial charge in [0.25, 0.3) is 5.91 Å². The van der Waals surface area contributed by atoms with E-state index in [1.165, 1.54) is 6.26 Å². The standard InChI is InChI=1S/C16H20N2O2/c1-3-10-17-12(2)13-7-4-5-8-14(13)18-16(19)15-9-6-11-20-15/h4-9,11-12,17H,3,10H2,1-2H3,(H,18,19). The second kappa shape index (κ2) is 6.91. The first kappa shape index (κ1) is 14.3. The van der Waals surface area contributed by atoms with Gasteiger partial charge in [0.1, 0.15) is 0 Å². The van der Waals surface area contributed by atoms with Crippen LogP contribution in [0.15, 0.2) is 47.1 Å². The number of nitrogens with one attached hydrogen (secondary N) is 2. The molecule has 0 aliphatic rings. The molecule has 0 radical (unpaired) electrons. The third-order valence-electron chi connectivity index (χ3n) is 3.12. The summed E-state index contributed by atoms with van der Waals surface area (Å²) in [6.07, 6.45) is 2.57. The van der Waals surface area contributed by atoms with Crippen LogP contribution in [0.2, 0.25) is 0 Å². The average molecular weight is 272 g/mol. The van der Waals surface area contributed by atoms with Gasteiger partial charge in [0.05, 0.1) is 6.26 Å². The Balaban J connectivity index is 2.13. The predicted octanol–water partition coefficient (Wildman–Crippen LogP) is 3.59. The van der Waals surface area contributed by atoms with E-state index in [4.69, 9.17) is 4.42 Å². The number of furan rings is 1. The van der Waals surface area contributed by atoms with Gasteiger partial charge >= 0.3 is 0 Å². The van der Waals surface area contributed by atoms with Crippen molar-refractivity contribution < 1.29 is 9.21 Å². The molecule has 1 amide bonds. The summed E-state index contributed by atoms with van der Waals surface area (Å²) in [6, 6.07) is 11.3. The molecule has 0 saturated heterocycles. The molecule has 1 unspecified atom stereocenters. The molecule has 4 nitrogen and oxygen atoms in total. The molecule has 1 heterocycles. The molecule has 0 aliphatic heterocycles. The van der Waals surface area contributed by atoms with E-state index in [-0.39, 0.29) is 11.9 Å². The lowest BCUT2D eigenvalue weighted by molar-refractivity contribution is 0.0996. The SMILES string of the molecule is CCCNC(C)c1ccccc1NC(=O)c1ccco1. The second-order valence-corrected chi connectivity index (χ2v) is 4.69. The van der Waals surface area contributed by atoms with Gasteiger partial charge in [-0.1, -0.05) is 25.1 Å². The van der Waals surface area contributed by atoms with Gasteiger partial charge < -0.3 is 15.1 Å². The van der Waals surface area contributed by atoms with Crippen LogP contribution in [0, 0.1) is 0 Å². The smallest absolute Gasteiger partial charge is 0.291 e. The monoisotopic (exact) mass is 272 g/mol. The number of para-hydroxylation sites is 1. The van der Waals surface area contributed by atoms with Gasteiger partial charge in [-0.05, 0) is 43.7 Å². The number of hydrogen-bond acceptors (Lipinski definition) is 3. The summed E-state index contributed by atoms with van der Waals surface area (Å²) in [6.45, 7) is 5.17. The van der Waals surface area contributed by atoms with Gasteiger partial charge in [0.2, 0.25) is 0 Å². The van der Waals surface area contributed by atoms with Gasteiger partial charge in [-0.25, -0.2) is 0 Å². The molecule has 106 valence electrons. The quantitative estimate of drug-likeness (QED) is 0.845. The summed E-state index contributed by atoms with van der Waals surface area (Å²) in [5.41, 5.74) is 1.88. The fourth-order valence-corrected chi connectivity index (χ4v) is 2.05. The zero-order chi connectivity index (χ0) is 14.4. The maximum absolute atomic E-state index is 12.0. The van der Waals surface area contributed by atoms with Crippen molar-refractivity contribution >= 4 is 11.6 Å². The van der Waals surface area contributed by atoms with Gasteiger partial charge in [-0.15, -0.1) is 0 Å². The molecule has 2 rings (SSSR count). The minimum absolute atomic E-state index is 0.183. The third kappa shape index (κ3) is 3.48. The first-order valence-corrected chi connectivity index (χ1v) is 6.89. The largest absolute Gasteiger partial charge is 0.459 e. The third-order valence-corrected chi connectivity index (χ3v) is 3.12. The first-order valence-electron chi connectivity index (χ1n) is 6.89. The summed E-state index contributed by atoms with van der Waals surface area (Å²) in [7, 11) is 0. The van der Waals surface area contributed by atoms with E-state index in [1.807, 2.05) is 24.3 Å². The molecule has 0 spiro atoms. The molecule has 4 heteroatoms. The Kier molecular flexibility index (Phi) is 4.96. The van der Waals surface area contributed by atoms with E-state index in [2.05, 4.69) is 24.5 Å². The zero-order valence-corrected chi connectivity index (χ0v) is 11.8. The Morgan fingerprint density at radius 1 is 1.25 bits per heavy atom. The van der Waals surface area contributed by atoms with Crippen LogP contribution in [0.4, 0.5) is 5.69 Å². The van der Waals surface area contributed by atoms with Crippen molar-refractivity contribution in [1.82, 2.24) is 5.32 Å². The molecule has 1 atom stereocenters. The minimum atomic E-state index is -0.231. The molecular formula is C16H20N2O2. The van der Waals surface area contributed by atoms with E-state index in [0.717, 1.165) is 24.2 Å². The van der Waals surface area contributed by atoms with Crippen molar-refractivity contribution in [2.45, 2.75) is 26.3 Å². The van der Waals surface area contributed by atoms with Crippen LogP contribution in [0.25, 0.3) is 0 Å². The molecular weight excluding hydrogens is 252 g/mol. The Labute approximate surface area is 119 Å². The van der Waals surface area contributed by atoms with Crippen molar-refractivity contribution in [2.75, 3.05) is 11.9 Å². The van der Waals surface area contributed by atoms with Crippen LogP contribution < -0.4 is 10.6 Å². The number of hydrogen-bond donors (Lipinski definition) is 2. The van der Waals surface area contributed by atoms with Crippen LogP contribution in [0.3, 0.4) is 0 Å². The van der Waals surface area contributed by atoms with E-state index >= 15 is 0 Å². The highest BCUT2D eigenvalue weighted by atomic mass is 16.3. The lowest BCUT2D eigenvalue weighted by Crippen LogP contribution is -2.21. The van der Waals surface area contributed by atoms with Crippen LogP contribution in [0.5, 0.6) is 0 Å². The normalized spacial score (nSPS) is 12.1. The van der Waals surface area contributed by atoms with Gasteiger partial charge in [-0.3, -0.25) is 4.79 Å². The van der Waals surface area contributed by atoms with E-state index < -0.39 is 0 Å². The number of benzene rings is 1. The summed E-state index contributed by atoms with van der Waals surface area (Å²) in [4.78, 5) is 12.0. The van der Waals surface area contributed by atoms with Crippen molar-refractivity contribution in [1.29, 1.82) is 0 Å². The lowest BCUT2D eigenvalue weighted by Gasteiger charge is -2.17. The molecule has 0 saturated carbocycles. The minimum Gasteiger partial charge on any atom is -0.459 e. The molecule has 0 bridgehead atoms. The van der Waals surface area contributed by atoms with Crippen molar-refractivity contribution in [2.24, 2.45) is 0 Å². The molecule has 0 fully saturated rings. The van der Waals surface area contributed by atoms with Crippen molar-refractivity contribution in [3.8, 4) is 0 Å². The molecule has 0 aliphatic carbocycles. The van der Waals surface area contributed by atoms with E-state index in [0.29, 0.717) is 5.76 Å². The number of carbonyl (C=O) groups is 1. The fourth-order valence-electron chi connectivity index (χ4n) is 2.05. The van der Waals surface area contributed by atoms with Crippen molar-refractivity contribution in [3.05, 3.63) is 54.0 Å². The highest BCUT2D eigenvalue weighted by Crippen LogP contribution is 2.23. The number of amides is 1. The number of carbonyl (C=O) groups excluding carboxylic acids is 1. The molecule has 1 aromatic heterocycles. The van der Waals surface area contributed by atoms with E-state index in [1.54, 1.807) is 12.1 Å². The summed E-state index contributed by atoms with van der Waals surface area (Å²) >= 11 is 0. The topological polar surface area (TPSA) is 54.3 Å². The summed E-state index contributed by atoms with van der Waals surface area (Å²) < 4.78 is 5.11. The maximum Gasteiger partial charge on any atom is 0.291 e. The second-order valence-electron chi connectivity index (χ2n) is 4.69. The van der Waals surface area contributed by atoms with Gasteiger partial charge in [0.15, 0.2) is 5.76 Å². The zero-order valence-electron chi connectivity index (χ0n) is 11.8. The Bertz CT molecular complexity index is 549. The number of anilines is 1. The molecule has 2 aromatic rings. The molecule has 20 heavy (non-hydrogen) atoms. The highest BCUT2D eigenvalue weighted by molar-refractivity contribution is 6.02. The molecule has 1 aromatic carbocycles. The summed E-state index contributed by atoms with van der Waals surface area (Å²) in [5.74, 6) is 0.0825. The van der Waals surface area contributed by atoms with Crippen molar-refractivity contribution in [3.63, 3.8) is 0 Å². The lowest BCUT2D eigenvalue weighted by atomic mass is 10.1. The first-order chi connectivity index (χ1) is 9.72. The van der Waals surface area contributed by atoms with Gasteiger partial charge in [-0.2, -0.15) is 0 Å². The predicted molar refractivity (Wildman–Crippen MR) is 79.8 cm³/mol. The fraction of sp³-hybridized carbons (Fsp3) is 0.312. The molecule has 2 N–H and O–H groups in total. The number of rotatable bonds is 6. The Morgan fingerprint density at radius 3 is 2.75 bits per heavy atom.